The largest absolute Gasteiger partial charge is 0.462 e. The molecule has 0 amide bonds. The molecule has 0 saturated carbocycles. The molecule has 5 nitrogen and oxygen atoms in total. The maximum absolute atomic E-state index is 12.9. The number of cyclic esters (lactones) is 1. The summed E-state index contributed by atoms with van der Waals surface area (Å²) in [6, 6.07) is 0. The van der Waals surface area contributed by atoms with Gasteiger partial charge in [-0.3, -0.25) is 9.59 Å². The Morgan fingerprint density at radius 3 is 2.67 bits per heavy atom. The average Bonchev–Trinajstić information content (AvgIpc) is 2.66. The fourth-order valence-corrected chi connectivity index (χ4v) is 5.08. The van der Waals surface area contributed by atoms with Crippen LogP contribution in [0.5, 0.6) is 0 Å². The van der Waals surface area contributed by atoms with E-state index in [-0.39, 0.29) is 36.5 Å². The number of rotatable bonds is 6. The molecule has 1 fully saturated rings. The van der Waals surface area contributed by atoms with E-state index in [1.54, 1.807) is 0 Å². The molecule has 30 heavy (non-hydrogen) atoms. The van der Waals surface area contributed by atoms with Crippen LogP contribution >= 0.6 is 0 Å². The summed E-state index contributed by atoms with van der Waals surface area (Å²) in [5.41, 5.74) is 0.785. The molecule has 0 spiro atoms. The van der Waals surface area contributed by atoms with Gasteiger partial charge in [-0.2, -0.15) is 0 Å². The van der Waals surface area contributed by atoms with Crippen LogP contribution in [0.1, 0.15) is 73.1 Å². The summed E-state index contributed by atoms with van der Waals surface area (Å²) in [5.74, 6) is 0.776. The van der Waals surface area contributed by atoms with E-state index < -0.39 is 11.5 Å². The molecule has 0 aromatic carbocycles. The maximum atomic E-state index is 12.9. The van der Waals surface area contributed by atoms with Crippen molar-refractivity contribution in [2.24, 2.45) is 29.1 Å². The molecule has 1 saturated heterocycles. The molecule has 1 N–H and O–H groups in total. The van der Waals surface area contributed by atoms with Gasteiger partial charge in [0.1, 0.15) is 12.2 Å². The summed E-state index contributed by atoms with van der Waals surface area (Å²) in [5, 5.41) is 9.92. The predicted molar refractivity (Wildman–Crippen MR) is 115 cm³/mol. The topological polar surface area (TPSA) is 72.8 Å². The Kier molecular flexibility index (Phi) is 7.11. The minimum Gasteiger partial charge on any atom is -0.462 e. The second kappa shape index (κ2) is 9.25. The van der Waals surface area contributed by atoms with Gasteiger partial charge in [-0.1, -0.05) is 39.0 Å². The second-order valence-electron chi connectivity index (χ2n) is 10.3. The van der Waals surface area contributed by atoms with Gasteiger partial charge in [-0.15, -0.1) is 0 Å². The normalized spacial score (nSPS) is 36.5. The Labute approximate surface area is 180 Å². The SMILES string of the molecule is CCC(C)(C)C(=O)O[C@H]1C[C@@H](C)C=C2C=C[C@@H](C)[C@H](CC[C@@H]3C[C@@H](O)CC(=O)O3)[C@H]21. The number of hydrogen-bond donors (Lipinski definition) is 1. The number of esters is 2. The van der Waals surface area contributed by atoms with E-state index in [9.17, 15) is 14.7 Å². The lowest BCUT2D eigenvalue weighted by molar-refractivity contribution is -0.166. The monoisotopic (exact) mass is 418 g/mol. The molecule has 0 bridgehead atoms. The lowest BCUT2D eigenvalue weighted by Gasteiger charge is -2.44. The van der Waals surface area contributed by atoms with Gasteiger partial charge in [0.2, 0.25) is 0 Å². The lowest BCUT2D eigenvalue weighted by atomic mass is 9.65. The first-order valence-electron chi connectivity index (χ1n) is 11.6. The Hall–Kier alpha value is -1.62. The fourth-order valence-electron chi connectivity index (χ4n) is 5.08. The molecular weight excluding hydrogens is 380 g/mol. The van der Waals surface area contributed by atoms with Crippen molar-refractivity contribution in [3.05, 3.63) is 23.8 Å². The van der Waals surface area contributed by atoms with Crippen LogP contribution in [-0.2, 0) is 19.1 Å². The Balaban J connectivity index is 1.76. The van der Waals surface area contributed by atoms with Crippen LogP contribution in [0.2, 0.25) is 0 Å². The van der Waals surface area contributed by atoms with Crippen LogP contribution in [0.3, 0.4) is 0 Å². The summed E-state index contributed by atoms with van der Waals surface area (Å²) in [7, 11) is 0. The molecule has 0 unspecified atom stereocenters. The second-order valence-corrected chi connectivity index (χ2v) is 10.3. The fraction of sp³-hybridized carbons (Fsp3) is 0.760. The smallest absolute Gasteiger partial charge is 0.311 e. The van der Waals surface area contributed by atoms with Crippen LogP contribution in [0, 0.1) is 29.1 Å². The highest BCUT2D eigenvalue weighted by atomic mass is 16.6. The number of carbonyl (C=O) groups excluding carboxylic acids is 2. The number of allylic oxidation sites excluding steroid dienone is 3. The molecule has 3 aliphatic rings. The summed E-state index contributed by atoms with van der Waals surface area (Å²) in [6.45, 7) is 10.3. The van der Waals surface area contributed by atoms with Gasteiger partial charge >= 0.3 is 11.9 Å². The Morgan fingerprint density at radius 1 is 1.27 bits per heavy atom. The summed E-state index contributed by atoms with van der Waals surface area (Å²) in [6.07, 6.45) is 9.61. The summed E-state index contributed by atoms with van der Waals surface area (Å²) in [4.78, 5) is 24.6. The van der Waals surface area contributed by atoms with Gasteiger partial charge in [-0.25, -0.2) is 0 Å². The van der Waals surface area contributed by atoms with Gasteiger partial charge in [0, 0.05) is 12.3 Å². The lowest BCUT2D eigenvalue weighted by Crippen LogP contribution is -2.43. The van der Waals surface area contributed by atoms with Gasteiger partial charge in [0.15, 0.2) is 0 Å². The third-order valence-electron chi connectivity index (χ3n) is 7.35. The molecule has 0 aromatic rings. The molecule has 1 heterocycles. The maximum Gasteiger partial charge on any atom is 0.311 e. The van der Waals surface area contributed by atoms with E-state index in [2.05, 4.69) is 32.1 Å². The highest BCUT2D eigenvalue weighted by molar-refractivity contribution is 5.76. The zero-order valence-electron chi connectivity index (χ0n) is 19.1. The first-order valence-corrected chi connectivity index (χ1v) is 11.6. The third kappa shape index (κ3) is 5.16. The van der Waals surface area contributed by atoms with E-state index in [1.165, 1.54) is 5.57 Å². The van der Waals surface area contributed by atoms with E-state index in [1.807, 2.05) is 20.8 Å². The van der Waals surface area contributed by atoms with Crippen molar-refractivity contribution in [2.45, 2.75) is 91.5 Å². The molecule has 3 rings (SSSR count). The van der Waals surface area contributed by atoms with Gasteiger partial charge in [0.05, 0.1) is 17.9 Å². The predicted octanol–water partition coefficient (Wildman–Crippen LogP) is 4.59. The number of carbonyl (C=O) groups is 2. The quantitative estimate of drug-likeness (QED) is 0.639. The van der Waals surface area contributed by atoms with Crippen molar-refractivity contribution < 1.29 is 24.2 Å². The van der Waals surface area contributed by atoms with E-state index in [0.29, 0.717) is 24.2 Å². The van der Waals surface area contributed by atoms with E-state index in [4.69, 9.17) is 9.47 Å². The Morgan fingerprint density at radius 2 is 2.00 bits per heavy atom. The standard InChI is InChI=1S/C25H38O5/c1-6-25(4,5)24(28)30-21-12-15(2)11-17-8-7-16(3)20(23(17)21)10-9-19-13-18(26)14-22(27)29-19/h7-8,11,15-16,18-21,23,26H,6,9-10,12-14H2,1-5H3/t15-,16+,18+,19+,20-,21-,23-/m0/s1. The zero-order chi connectivity index (χ0) is 22.1. The van der Waals surface area contributed by atoms with Crippen molar-refractivity contribution in [3.8, 4) is 0 Å². The van der Waals surface area contributed by atoms with E-state index >= 15 is 0 Å². The van der Waals surface area contributed by atoms with Crippen LogP contribution in [-0.4, -0.2) is 35.4 Å². The van der Waals surface area contributed by atoms with Crippen LogP contribution < -0.4 is 0 Å². The van der Waals surface area contributed by atoms with Gasteiger partial charge in [0.25, 0.3) is 0 Å². The zero-order valence-corrected chi connectivity index (χ0v) is 19.1. The van der Waals surface area contributed by atoms with Crippen molar-refractivity contribution in [1.29, 1.82) is 0 Å². The van der Waals surface area contributed by atoms with Crippen molar-refractivity contribution in [1.82, 2.24) is 0 Å². The number of hydrogen-bond acceptors (Lipinski definition) is 5. The van der Waals surface area contributed by atoms with E-state index in [0.717, 1.165) is 25.7 Å². The van der Waals surface area contributed by atoms with Crippen LogP contribution in [0.4, 0.5) is 0 Å². The highest BCUT2D eigenvalue weighted by Gasteiger charge is 2.43. The first-order chi connectivity index (χ1) is 14.1. The van der Waals surface area contributed by atoms with Crippen molar-refractivity contribution >= 4 is 11.9 Å². The average molecular weight is 419 g/mol. The number of fused-ring (bicyclic) bond motifs is 1. The highest BCUT2D eigenvalue weighted by Crippen LogP contribution is 2.45. The number of aliphatic hydroxyl groups excluding tert-OH is 1. The molecule has 0 radical (unpaired) electrons. The van der Waals surface area contributed by atoms with Gasteiger partial charge < -0.3 is 14.6 Å². The van der Waals surface area contributed by atoms with Crippen molar-refractivity contribution in [2.75, 3.05) is 0 Å². The third-order valence-corrected chi connectivity index (χ3v) is 7.35. The number of aliphatic hydroxyl groups is 1. The summed E-state index contributed by atoms with van der Waals surface area (Å²) < 4.78 is 11.6. The molecule has 7 atom stereocenters. The molecule has 5 heteroatoms. The first kappa shape index (κ1) is 23.1. The number of ether oxygens (including phenoxy) is 2. The minimum absolute atomic E-state index is 0.0949. The molecular formula is C25H38O5. The minimum atomic E-state index is -0.601. The van der Waals surface area contributed by atoms with Gasteiger partial charge in [-0.05, 0) is 62.9 Å². The molecule has 168 valence electrons. The molecule has 1 aliphatic heterocycles. The molecule has 2 aliphatic carbocycles. The van der Waals surface area contributed by atoms with Crippen LogP contribution in [0.15, 0.2) is 23.8 Å². The van der Waals surface area contributed by atoms with Crippen molar-refractivity contribution in [3.63, 3.8) is 0 Å². The molecule has 0 aromatic heterocycles. The van der Waals surface area contributed by atoms with Crippen LogP contribution in [0.25, 0.3) is 0 Å². The summed E-state index contributed by atoms with van der Waals surface area (Å²) >= 11 is 0. The Bertz CT molecular complexity index is 706.